The number of carbonyl (C=O) groups excluding carboxylic acids is 1. The van der Waals surface area contributed by atoms with E-state index in [0.717, 1.165) is 17.9 Å². The van der Waals surface area contributed by atoms with Crippen molar-refractivity contribution in [2.24, 2.45) is 0 Å². The molecule has 1 N–H and O–H groups in total. The molecule has 6 nitrogen and oxygen atoms in total. The average molecular weight is 276 g/mol. The van der Waals surface area contributed by atoms with Crippen LogP contribution in [-0.4, -0.2) is 40.7 Å². The number of nitrogens with zero attached hydrogens (tertiary/aromatic N) is 3. The molecular formula is C14H20N4O2. The molecule has 0 saturated heterocycles. The van der Waals surface area contributed by atoms with Crippen LogP contribution >= 0.6 is 0 Å². The summed E-state index contributed by atoms with van der Waals surface area (Å²) in [6, 6.07) is 3.68. The van der Waals surface area contributed by atoms with Gasteiger partial charge >= 0.3 is 0 Å². The maximum absolute atomic E-state index is 11.9. The van der Waals surface area contributed by atoms with Crippen molar-refractivity contribution in [3.05, 3.63) is 42.1 Å². The van der Waals surface area contributed by atoms with Crippen LogP contribution < -0.4 is 5.32 Å². The molecule has 108 valence electrons. The average Bonchev–Trinajstić information content (AvgIpc) is 3.06. The molecular weight excluding hydrogens is 256 g/mol. The molecule has 0 fully saturated rings. The molecule has 20 heavy (non-hydrogen) atoms. The molecule has 0 radical (unpaired) electrons. The van der Waals surface area contributed by atoms with Crippen molar-refractivity contribution < 1.29 is 9.21 Å². The minimum absolute atomic E-state index is 0.0399. The maximum atomic E-state index is 11.9. The van der Waals surface area contributed by atoms with Gasteiger partial charge in [0.25, 0.3) is 0 Å². The number of hydrogen-bond acceptors (Lipinski definition) is 4. The van der Waals surface area contributed by atoms with E-state index in [1.807, 2.05) is 36.1 Å². The highest BCUT2D eigenvalue weighted by molar-refractivity contribution is 5.77. The largest absolute Gasteiger partial charge is 0.467 e. The number of hydrogen-bond donors (Lipinski definition) is 1. The summed E-state index contributed by atoms with van der Waals surface area (Å²) < 4.78 is 7.07. The van der Waals surface area contributed by atoms with Crippen molar-refractivity contribution in [1.29, 1.82) is 0 Å². The molecule has 0 saturated carbocycles. The highest BCUT2D eigenvalue weighted by Crippen LogP contribution is 2.03. The van der Waals surface area contributed by atoms with E-state index in [1.54, 1.807) is 18.2 Å². The van der Waals surface area contributed by atoms with Crippen LogP contribution in [0, 0.1) is 6.92 Å². The topological polar surface area (TPSA) is 63.3 Å². The number of rotatable bonds is 7. The molecule has 2 aromatic rings. The van der Waals surface area contributed by atoms with Crippen LogP contribution in [0.3, 0.4) is 0 Å². The first-order chi connectivity index (χ1) is 9.65. The van der Waals surface area contributed by atoms with E-state index in [-0.39, 0.29) is 5.91 Å². The van der Waals surface area contributed by atoms with Gasteiger partial charge in [0.15, 0.2) is 0 Å². The van der Waals surface area contributed by atoms with Crippen molar-refractivity contribution in [1.82, 2.24) is 20.0 Å². The van der Waals surface area contributed by atoms with Crippen LogP contribution in [0.25, 0.3) is 0 Å². The first-order valence-corrected chi connectivity index (χ1v) is 6.61. The van der Waals surface area contributed by atoms with E-state index < -0.39 is 0 Å². The third-order valence-corrected chi connectivity index (χ3v) is 2.96. The van der Waals surface area contributed by atoms with Crippen LogP contribution in [0.4, 0.5) is 0 Å². The van der Waals surface area contributed by atoms with Crippen LogP contribution in [-0.2, 0) is 17.9 Å². The highest BCUT2D eigenvalue weighted by atomic mass is 16.3. The molecule has 2 aromatic heterocycles. The normalized spacial score (nSPS) is 10.7. The summed E-state index contributed by atoms with van der Waals surface area (Å²) in [6.45, 7) is 4.28. The van der Waals surface area contributed by atoms with Gasteiger partial charge in [-0.15, -0.1) is 0 Å². The lowest BCUT2D eigenvalue weighted by molar-refractivity contribution is -0.129. The number of furan rings is 1. The number of nitrogens with one attached hydrogen (secondary N) is 1. The first kappa shape index (κ1) is 14.3. The zero-order valence-corrected chi connectivity index (χ0v) is 11.9. The van der Waals surface area contributed by atoms with Crippen LogP contribution in [0.1, 0.15) is 11.3 Å². The van der Waals surface area contributed by atoms with Gasteiger partial charge in [0.2, 0.25) is 5.91 Å². The van der Waals surface area contributed by atoms with E-state index in [9.17, 15) is 4.79 Å². The van der Waals surface area contributed by atoms with E-state index in [4.69, 9.17) is 4.42 Å². The van der Waals surface area contributed by atoms with Crippen LogP contribution in [0.15, 0.2) is 35.2 Å². The summed E-state index contributed by atoms with van der Waals surface area (Å²) in [5, 5.41) is 7.31. The van der Waals surface area contributed by atoms with Crippen LogP contribution in [0.2, 0.25) is 0 Å². The van der Waals surface area contributed by atoms with Gasteiger partial charge in [-0.2, -0.15) is 5.10 Å². The summed E-state index contributed by atoms with van der Waals surface area (Å²) in [4.78, 5) is 13.5. The predicted molar refractivity (Wildman–Crippen MR) is 75.0 cm³/mol. The van der Waals surface area contributed by atoms with Gasteiger partial charge < -0.3 is 14.6 Å². The summed E-state index contributed by atoms with van der Waals surface area (Å²) >= 11 is 0. The number of likely N-dealkylation sites (N-methyl/N-ethyl adjacent to an activating group) is 1. The molecule has 0 spiro atoms. The second-order valence-corrected chi connectivity index (χ2v) is 4.79. The third-order valence-electron chi connectivity index (χ3n) is 2.96. The van der Waals surface area contributed by atoms with Gasteiger partial charge in [0.1, 0.15) is 5.76 Å². The molecule has 0 aliphatic rings. The fourth-order valence-electron chi connectivity index (χ4n) is 1.84. The lowest BCUT2D eigenvalue weighted by Crippen LogP contribution is -2.36. The lowest BCUT2D eigenvalue weighted by Gasteiger charge is -2.16. The second kappa shape index (κ2) is 6.91. The molecule has 0 atom stereocenters. The molecule has 0 aromatic carbocycles. The predicted octanol–water partition coefficient (Wildman–Crippen LogP) is 1.03. The van der Waals surface area contributed by atoms with Gasteiger partial charge in [-0.1, -0.05) is 0 Å². The Hall–Kier alpha value is -2.08. The fourth-order valence-corrected chi connectivity index (χ4v) is 1.84. The molecule has 1 amide bonds. The van der Waals surface area contributed by atoms with Gasteiger partial charge in [-0.05, 0) is 24.6 Å². The van der Waals surface area contributed by atoms with E-state index >= 15 is 0 Å². The van der Waals surface area contributed by atoms with Crippen molar-refractivity contribution in [3.8, 4) is 0 Å². The molecule has 2 heterocycles. The van der Waals surface area contributed by atoms with Gasteiger partial charge in [-0.3, -0.25) is 9.48 Å². The quantitative estimate of drug-likeness (QED) is 0.767. The summed E-state index contributed by atoms with van der Waals surface area (Å²) in [7, 11) is 1.77. The number of aromatic nitrogens is 2. The Morgan fingerprint density at radius 2 is 2.40 bits per heavy atom. The van der Waals surface area contributed by atoms with Crippen molar-refractivity contribution in [2.45, 2.75) is 20.0 Å². The zero-order valence-electron chi connectivity index (χ0n) is 11.9. The standard InChI is InChI=1S/C14H20N4O2/c1-12-8-16-18(10-12)6-5-15-9-14(19)17(2)11-13-4-3-7-20-13/h3-4,7-8,10,15H,5-6,9,11H2,1-2H3. The molecule has 0 aliphatic carbocycles. The highest BCUT2D eigenvalue weighted by Gasteiger charge is 2.09. The van der Waals surface area contributed by atoms with E-state index in [2.05, 4.69) is 10.4 Å². The SMILES string of the molecule is Cc1cnn(CCNCC(=O)N(C)Cc2ccco2)c1. The molecule has 0 unspecified atom stereocenters. The van der Waals surface area contributed by atoms with Gasteiger partial charge in [0, 0.05) is 19.8 Å². The monoisotopic (exact) mass is 276 g/mol. The molecule has 2 rings (SSSR count). The number of carbonyl (C=O) groups is 1. The Bertz CT molecular complexity index is 533. The Kier molecular flexibility index (Phi) is 4.95. The number of amides is 1. The zero-order chi connectivity index (χ0) is 14.4. The molecule has 0 aliphatic heterocycles. The van der Waals surface area contributed by atoms with Crippen molar-refractivity contribution in [2.75, 3.05) is 20.1 Å². The fraction of sp³-hybridized carbons (Fsp3) is 0.429. The summed E-state index contributed by atoms with van der Waals surface area (Å²) in [5.74, 6) is 0.825. The third kappa shape index (κ3) is 4.24. The Morgan fingerprint density at radius 1 is 1.55 bits per heavy atom. The number of aryl methyl sites for hydroxylation is 1. The van der Waals surface area contributed by atoms with E-state index in [1.165, 1.54) is 0 Å². The smallest absolute Gasteiger partial charge is 0.236 e. The summed E-state index contributed by atoms with van der Waals surface area (Å²) in [5.41, 5.74) is 1.14. The van der Waals surface area contributed by atoms with Crippen molar-refractivity contribution in [3.63, 3.8) is 0 Å². The summed E-state index contributed by atoms with van der Waals surface area (Å²) in [6.07, 6.45) is 5.41. The van der Waals surface area contributed by atoms with Crippen molar-refractivity contribution >= 4 is 5.91 Å². The Morgan fingerprint density at radius 3 is 3.05 bits per heavy atom. The van der Waals surface area contributed by atoms with E-state index in [0.29, 0.717) is 19.6 Å². The first-order valence-electron chi connectivity index (χ1n) is 6.61. The molecule has 0 bridgehead atoms. The molecule has 6 heteroatoms. The van der Waals surface area contributed by atoms with Gasteiger partial charge in [-0.25, -0.2) is 0 Å². The minimum atomic E-state index is 0.0399. The maximum Gasteiger partial charge on any atom is 0.236 e. The van der Waals surface area contributed by atoms with Gasteiger partial charge in [0.05, 0.1) is 32.1 Å². The van der Waals surface area contributed by atoms with Crippen LogP contribution in [0.5, 0.6) is 0 Å². The lowest BCUT2D eigenvalue weighted by atomic mass is 10.4. The Balaban J connectivity index is 1.64. The second-order valence-electron chi connectivity index (χ2n) is 4.79. The Labute approximate surface area is 118 Å². The minimum Gasteiger partial charge on any atom is -0.467 e.